The molecule has 0 aliphatic carbocycles. The van der Waals surface area contributed by atoms with Crippen molar-refractivity contribution >= 4 is 41.7 Å². The van der Waals surface area contributed by atoms with E-state index in [2.05, 4.69) is 34.9 Å². The van der Waals surface area contributed by atoms with Crippen LogP contribution in [0.25, 0.3) is 0 Å². The molecule has 0 bridgehead atoms. The highest BCUT2D eigenvalue weighted by molar-refractivity contribution is 14.0. The van der Waals surface area contributed by atoms with Gasteiger partial charge in [-0.2, -0.15) is 11.8 Å². The summed E-state index contributed by atoms with van der Waals surface area (Å²) in [6, 6.07) is 8.05. The van der Waals surface area contributed by atoms with Gasteiger partial charge in [-0.3, -0.25) is 0 Å². The van der Waals surface area contributed by atoms with E-state index in [1.165, 1.54) is 0 Å². The minimum Gasteiger partial charge on any atom is -0.494 e. The van der Waals surface area contributed by atoms with Crippen molar-refractivity contribution in [1.29, 1.82) is 0 Å². The summed E-state index contributed by atoms with van der Waals surface area (Å²) in [5, 5.41) is 6.57. The van der Waals surface area contributed by atoms with Crippen LogP contribution < -0.4 is 15.4 Å². The number of hydrogen-bond donors (Lipinski definition) is 2. The highest BCUT2D eigenvalue weighted by Crippen LogP contribution is 2.18. The van der Waals surface area contributed by atoms with Crippen LogP contribution >= 0.6 is 35.7 Å². The maximum Gasteiger partial charge on any atom is 0.191 e. The van der Waals surface area contributed by atoms with E-state index in [9.17, 15) is 0 Å². The fourth-order valence-electron chi connectivity index (χ4n) is 1.71. The van der Waals surface area contributed by atoms with Gasteiger partial charge in [-0.15, -0.1) is 24.0 Å². The molecule has 120 valence electrons. The fraction of sp³-hybridized carbons (Fsp3) is 0.533. The van der Waals surface area contributed by atoms with Crippen LogP contribution in [0.4, 0.5) is 0 Å². The number of thioether (sulfide) groups is 1. The van der Waals surface area contributed by atoms with Crippen LogP contribution in [0.1, 0.15) is 19.4 Å². The lowest BCUT2D eigenvalue weighted by atomic mass is 10.2. The van der Waals surface area contributed by atoms with Crippen molar-refractivity contribution in [3.05, 3.63) is 29.8 Å². The molecule has 0 radical (unpaired) electrons. The average molecular weight is 423 g/mol. The summed E-state index contributed by atoms with van der Waals surface area (Å²) in [4.78, 5) is 4.60. The predicted molar refractivity (Wildman–Crippen MR) is 104 cm³/mol. The van der Waals surface area contributed by atoms with E-state index in [0.717, 1.165) is 36.1 Å². The third-order valence-electron chi connectivity index (χ3n) is 2.62. The third kappa shape index (κ3) is 8.40. The lowest BCUT2D eigenvalue weighted by Gasteiger charge is -2.12. The van der Waals surface area contributed by atoms with E-state index in [4.69, 9.17) is 4.74 Å². The zero-order chi connectivity index (χ0) is 14.6. The topological polar surface area (TPSA) is 45.7 Å². The Morgan fingerprint density at radius 3 is 2.67 bits per heavy atom. The molecule has 0 spiro atoms. The minimum absolute atomic E-state index is 0. The van der Waals surface area contributed by atoms with Gasteiger partial charge in [0.25, 0.3) is 0 Å². The first-order chi connectivity index (χ1) is 9.81. The number of hydrogen-bond acceptors (Lipinski definition) is 3. The molecule has 0 aliphatic rings. The second-order valence-electron chi connectivity index (χ2n) is 4.16. The number of rotatable bonds is 8. The Hall–Kier alpha value is -0.630. The molecule has 1 aromatic rings. The lowest BCUT2D eigenvalue weighted by Crippen LogP contribution is -2.38. The lowest BCUT2D eigenvalue weighted by molar-refractivity contribution is 0.336. The summed E-state index contributed by atoms with van der Waals surface area (Å²) in [5.41, 5.74) is 1.11. The van der Waals surface area contributed by atoms with Crippen molar-refractivity contribution < 1.29 is 4.74 Å². The summed E-state index contributed by atoms with van der Waals surface area (Å²) in [7, 11) is 0. The molecule has 1 aromatic carbocycles. The maximum atomic E-state index is 5.61. The fourth-order valence-corrected chi connectivity index (χ4v) is 2.01. The Bertz CT molecular complexity index is 416. The van der Waals surface area contributed by atoms with Gasteiger partial charge in [-0.25, -0.2) is 4.99 Å². The van der Waals surface area contributed by atoms with Crippen molar-refractivity contribution in [2.75, 3.05) is 31.7 Å². The van der Waals surface area contributed by atoms with Crippen molar-refractivity contribution in [1.82, 2.24) is 10.6 Å². The Kier molecular flexibility index (Phi) is 12.7. The molecular formula is C15H26IN3OS. The Morgan fingerprint density at radius 2 is 2.00 bits per heavy atom. The summed E-state index contributed by atoms with van der Waals surface area (Å²) >= 11 is 1.82. The number of ether oxygens (including phenoxy) is 1. The van der Waals surface area contributed by atoms with E-state index in [-0.39, 0.29) is 24.0 Å². The molecular weight excluding hydrogens is 397 g/mol. The van der Waals surface area contributed by atoms with E-state index in [1.54, 1.807) is 0 Å². The smallest absolute Gasteiger partial charge is 0.191 e. The molecule has 2 N–H and O–H groups in total. The molecule has 21 heavy (non-hydrogen) atoms. The SMILES string of the molecule is CCNC(=NCc1ccccc1OCC)NCCSC.I. The van der Waals surface area contributed by atoms with Crippen molar-refractivity contribution in [3.8, 4) is 5.75 Å². The van der Waals surface area contributed by atoms with Crippen LogP contribution in [0, 0.1) is 0 Å². The van der Waals surface area contributed by atoms with E-state index in [0.29, 0.717) is 13.2 Å². The molecule has 0 unspecified atom stereocenters. The standard InChI is InChI=1S/C15H25N3OS.HI/c1-4-16-15(17-10-11-20-3)18-12-13-8-6-7-9-14(13)19-5-2;/h6-9H,4-5,10-12H2,1-3H3,(H2,16,17,18);1H. The zero-order valence-electron chi connectivity index (χ0n) is 13.0. The van der Waals surface area contributed by atoms with Crippen molar-refractivity contribution in [3.63, 3.8) is 0 Å². The van der Waals surface area contributed by atoms with Crippen LogP contribution in [-0.2, 0) is 6.54 Å². The van der Waals surface area contributed by atoms with Gasteiger partial charge >= 0.3 is 0 Å². The number of aliphatic imine (C=N–C) groups is 1. The Balaban J connectivity index is 0.00000400. The highest BCUT2D eigenvalue weighted by Gasteiger charge is 2.02. The summed E-state index contributed by atoms with van der Waals surface area (Å²) in [6.07, 6.45) is 2.10. The molecule has 4 nitrogen and oxygen atoms in total. The van der Waals surface area contributed by atoms with Gasteiger partial charge in [0.15, 0.2) is 5.96 Å². The average Bonchev–Trinajstić information content (AvgIpc) is 2.46. The van der Waals surface area contributed by atoms with Gasteiger partial charge in [0.1, 0.15) is 5.75 Å². The monoisotopic (exact) mass is 423 g/mol. The molecule has 0 amide bonds. The second-order valence-corrected chi connectivity index (χ2v) is 5.14. The number of nitrogens with zero attached hydrogens (tertiary/aromatic N) is 1. The van der Waals surface area contributed by atoms with Crippen LogP contribution in [0.5, 0.6) is 5.75 Å². The van der Waals surface area contributed by atoms with Crippen molar-refractivity contribution in [2.24, 2.45) is 4.99 Å². The molecule has 0 aliphatic heterocycles. The van der Waals surface area contributed by atoms with Gasteiger partial charge in [-0.05, 0) is 26.2 Å². The van der Waals surface area contributed by atoms with Crippen LogP contribution in [-0.4, -0.2) is 37.7 Å². The summed E-state index contributed by atoms with van der Waals surface area (Å²) < 4.78 is 5.61. The van der Waals surface area contributed by atoms with Crippen LogP contribution in [0.15, 0.2) is 29.3 Å². The first-order valence-corrected chi connectivity index (χ1v) is 8.43. The Morgan fingerprint density at radius 1 is 1.24 bits per heavy atom. The number of nitrogens with one attached hydrogen (secondary N) is 2. The maximum absolute atomic E-state index is 5.61. The normalized spacial score (nSPS) is 10.7. The molecule has 0 heterocycles. The van der Waals surface area contributed by atoms with Crippen LogP contribution in [0.2, 0.25) is 0 Å². The van der Waals surface area contributed by atoms with E-state index in [1.807, 2.05) is 36.9 Å². The summed E-state index contributed by atoms with van der Waals surface area (Å²) in [6.45, 7) is 7.13. The minimum atomic E-state index is 0. The molecule has 1 rings (SSSR count). The molecule has 0 saturated heterocycles. The first-order valence-electron chi connectivity index (χ1n) is 7.03. The Labute approximate surface area is 149 Å². The van der Waals surface area contributed by atoms with Crippen molar-refractivity contribution in [2.45, 2.75) is 20.4 Å². The molecule has 0 aromatic heterocycles. The largest absolute Gasteiger partial charge is 0.494 e. The van der Waals surface area contributed by atoms with E-state index < -0.39 is 0 Å². The second kappa shape index (κ2) is 13.1. The number of halogens is 1. The van der Waals surface area contributed by atoms with Crippen LogP contribution in [0.3, 0.4) is 0 Å². The number of para-hydroxylation sites is 1. The van der Waals surface area contributed by atoms with Gasteiger partial charge in [-0.1, -0.05) is 18.2 Å². The van der Waals surface area contributed by atoms with Gasteiger partial charge in [0.05, 0.1) is 13.2 Å². The first kappa shape index (κ1) is 20.4. The number of benzene rings is 1. The predicted octanol–water partition coefficient (Wildman–Crippen LogP) is 3.12. The number of guanidine groups is 1. The third-order valence-corrected chi connectivity index (χ3v) is 3.24. The molecule has 0 atom stereocenters. The molecule has 0 fully saturated rings. The zero-order valence-corrected chi connectivity index (χ0v) is 16.2. The highest BCUT2D eigenvalue weighted by atomic mass is 127. The quantitative estimate of drug-likeness (QED) is 0.292. The molecule has 6 heteroatoms. The van der Waals surface area contributed by atoms with Gasteiger partial charge < -0.3 is 15.4 Å². The van der Waals surface area contributed by atoms with E-state index >= 15 is 0 Å². The van der Waals surface area contributed by atoms with Gasteiger partial charge in [0, 0.05) is 24.4 Å². The summed E-state index contributed by atoms with van der Waals surface area (Å²) in [5.74, 6) is 2.84. The molecule has 0 saturated carbocycles. The van der Waals surface area contributed by atoms with Gasteiger partial charge in [0.2, 0.25) is 0 Å².